The summed E-state index contributed by atoms with van der Waals surface area (Å²) in [6.07, 6.45) is -1.26. The molecule has 0 spiro atoms. The zero-order valence-corrected chi connectivity index (χ0v) is 15.5. The Morgan fingerprint density at radius 1 is 1.30 bits per heavy atom. The molecule has 0 radical (unpaired) electrons. The van der Waals surface area contributed by atoms with Gasteiger partial charge in [0.05, 0.1) is 39.2 Å². The Kier molecular flexibility index (Phi) is 4.39. The number of benzene rings is 2. The number of halogens is 1. The highest BCUT2D eigenvalue weighted by Crippen LogP contribution is 2.40. The van der Waals surface area contributed by atoms with Gasteiger partial charge in [-0.05, 0) is 29.8 Å². The van der Waals surface area contributed by atoms with Crippen molar-refractivity contribution in [2.45, 2.75) is 24.5 Å². The molecule has 1 aliphatic rings. The quantitative estimate of drug-likeness (QED) is 0.751. The summed E-state index contributed by atoms with van der Waals surface area (Å²) in [6.45, 7) is 1.72. The Balaban J connectivity index is 1.75. The van der Waals surface area contributed by atoms with E-state index < -0.39 is 17.0 Å². The standard InChI is InChI=1S/C20H18FN3O2S/c1-12(25)24(18-4-2-3-15-16(21)11-27(26)20(15)18)10-13-5-6-14-7-8-19(22)23-17(14)9-13/h2-9,16H,10-11H2,1H3,(H2,22,23). The van der Waals surface area contributed by atoms with Crippen LogP contribution in [-0.2, 0) is 22.1 Å². The highest BCUT2D eigenvalue weighted by molar-refractivity contribution is 7.85. The molecule has 0 aliphatic carbocycles. The van der Waals surface area contributed by atoms with Gasteiger partial charge in [-0.2, -0.15) is 0 Å². The van der Waals surface area contributed by atoms with Crippen molar-refractivity contribution in [1.82, 2.24) is 4.98 Å². The van der Waals surface area contributed by atoms with Gasteiger partial charge in [0.15, 0.2) is 0 Å². The fraction of sp³-hybridized carbons (Fsp3) is 0.200. The Labute approximate surface area is 158 Å². The van der Waals surface area contributed by atoms with Crippen LogP contribution >= 0.6 is 0 Å². The molecule has 2 N–H and O–H groups in total. The van der Waals surface area contributed by atoms with Crippen molar-refractivity contribution in [1.29, 1.82) is 0 Å². The third-order valence-electron chi connectivity index (χ3n) is 4.68. The lowest BCUT2D eigenvalue weighted by atomic mass is 10.1. The first kappa shape index (κ1) is 17.6. The topological polar surface area (TPSA) is 76.3 Å². The van der Waals surface area contributed by atoms with Crippen LogP contribution in [0.5, 0.6) is 0 Å². The summed E-state index contributed by atoms with van der Waals surface area (Å²) in [5.41, 5.74) is 8.26. The average molecular weight is 383 g/mol. The maximum Gasteiger partial charge on any atom is 0.224 e. The molecule has 2 aromatic carbocycles. The summed E-state index contributed by atoms with van der Waals surface area (Å²) in [5, 5.41) is 0.948. The lowest BCUT2D eigenvalue weighted by Crippen LogP contribution is -2.28. The van der Waals surface area contributed by atoms with Crippen molar-refractivity contribution < 1.29 is 13.4 Å². The molecular weight excluding hydrogens is 365 g/mol. The van der Waals surface area contributed by atoms with E-state index in [2.05, 4.69) is 4.98 Å². The molecule has 27 heavy (non-hydrogen) atoms. The van der Waals surface area contributed by atoms with E-state index in [1.54, 1.807) is 24.3 Å². The van der Waals surface area contributed by atoms with Crippen LogP contribution in [0.25, 0.3) is 10.9 Å². The molecule has 2 heterocycles. The number of pyridine rings is 1. The number of hydrogen-bond acceptors (Lipinski definition) is 4. The summed E-state index contributed by atoms with van der Waals surface area (Å²) in [7, 11) is -1.46. The molecule has 5 nitrogen and oxygen atoms in total. The van der Waals surface area contributed by atoms with Crippen LogP contribution in [0.2, 0.25) is 0 Å². The molecule has 3 aromatic rings. The Morgan fingerprint density at radius 2 is 2.07 bits per heavy atom. The number of fused-ring (bicyclic) bond motifs is 2. The maximum atomic E-state index is 14.1. The molecule has 4 rings (SSSR count). The molecule has 2 atom stereocenters. The highest BCUT2D eigenvalue weighted by atomic mass is 32.2. The minimum atomic E-state index is -1.46. The van der Waals surface area contributed by atoms with Gasteiger partial charge in [0.2, 0.25) is 5.91 Å². The molecule has 1 aromatic heterocycles. The fourth-order valence-corrected chi connectivity index (χ4v) is 4.86. The van der Waals surface area contributed by atoms with E-state index >= 15 is 0 Å². The fourth-order valence-electron chi connectivity index (χ4n) is 3.38. The number of hydrogen-bond donors (Lipinski definition) is 1. The molecule has 1 amide bonds. The summed E-state index contributed by atoms with van der Waals surface area (Å²) >= 11 is 0. The number of carbonyl (C=O) groups is 1. The van der Waals surface area contributed by atoms with E-state index in [4.69, 9.17) is 5.73 Å². The van der Waals surface area contributed by atoms with Gasteiger partial charge < -0.3 is 10.6 Å². The third-order valence-corrected chi connectivity index (χ3v) is 6.17. The zero-order chi connectivity index (χ0) is 19.1. The average Bonchev–Trinajstić information content (AvgIpc) is 2.93. The van der Waals surface area contributed by atoms with E-state index in [1.807, 2.05) is 24.3 Å². The smallest absolute Gasteiger partial charge is 0.224 e. The highest BCUT2D eigenvalue weighted by Gasteiger charge is 2.32. The van der Waals surface area contributed by atoms with Crippen LogP contribution in [0.3, 0.4) is 0 Å². The first-order chi connectivity index (χ1) is 12.9. The molecule has 0 saturated carbocycles. The molecule has 0 saturated heterocycles. The molecule has 138 valence electrons. The van der Waals surface area contributed by atoms with Crippen LogP contribution in [0.1, 0.15) is 24.2 Å². The minimum absolute atomic E-state index is 0.0583. The number of carbonyl (C=O) groups excluding carboxylic acids is 1. The largest absolute Gasteiger partial charge is 0.384 e. The predicted octanol–water partition coefficient (Wildman–Crippen LogP) is 3.50. The normalized spacial score (nSPS) is 18.4. The molecule has 0 bridgehead atoms. The maximum absolute atomic E-state index is 14.1. The van der Waals surface area contributed by atoms with Gasteiger partial charge in [-0.1, -0.05) is 24.3 Å². The lowest BCUT2D eigenvalue weighted by Gasteiger charge is -2.23. The van der Waals surface area contributed by atoms with Gasteiger partial charge in [0.25, 0.3) is 0 Å². The van der Waals surface area contributed by atoms with Gasteiger partial charge in [-0.3, -0.25) is 9.00 Å². The number of alkyl halides is 1. The Bertz CT molecular complexity index is 1090. The van der Waals surface area contributed by atoms with Crippen LogP contribution in [-0.4, -0.2) is 20.9 Å². The number of aromatic nitrogens is 1. The van der Waals surface area contributed by atoms with Crippen LogP contribution in [0.4, 0.5) is 15.9 Å². The molecule has 0 fully saturated rings. The number of nitrogen functional groups attached to an aromatic ring is 1. The molecular formula is C20H18FN3O2S. The SMILES string of the molecule is CC(=O)N(Cc1ccc2ccc(N)nc2c1)c1cccc2c1S(=O)CC2F. The van der Waals surface area contributed by atoms with Crippen LogP contribution < -0.4 is 10.6 Å². The monoisotopic (exact) mass is 383 g/mol. The lowest BCUT2D eigenvalue weighted by molar-refractivity contribution is -0.116. The summed E-state index contributed by atoms with van der Waals surface area (Å²) in [6, 6.07) is 14.4. The summed E-state index contributed by atoms with van der Waals surface area (Å²) in [5.74, 6) is 0.161. The van der Waals surface area contributed by atoms with Crippen LogP contribution in [0.15, 0.2) is 53.4 Å². The van der Waals surface area contributed by atoms with Crippen molar-refractivity contribution in [3.8, 4) is 0 Å². The number of amides is 1. The van der Waals surface area contributed by atoms with Gasteiger partial charge in [-0.15, -0.1) is 0 Å². The van der Waals surface area contributed by atoms with Crippen molar-refractivity contribution in [3.05, 3.63) is 59.7 Å². The molecule has 1 aliphatic heterocycles. The second-order valence-electron chi connectivity index (χ2n) is 6.54. The summed E-state index contributed by atoms with van der Waals surface area (Å²) < 4.78 is 26.5. The molecule has 2 unspecified atom stereocenters. The first-order valence-corrected chi connectivity index (χ1v) is 9.84. The van der Waals surface area contributed by atoms with E-state index in [-0.39, 0.29) is 18.2 Å². The second-order valence-corrected chi connectivity index (χ2v) is 7.98. The summed E-state index contributed by atoms with van der Waals surface area (Å²) in [4.78, 5) is 18.6. The van der Waals surface area contributed by atoms with Crippen molar-refractivity contribution in [2.75, 3.05) is 16.4 Å². The number of anilines is 2. The van der Waals surface area contributed by atoms with Gasteiger partial charge >= 0.3 is 0 Å². The minimum Gasteiger partial charge on any atom is -0.384 e. The van der Waals surface area contributed by atoms with E-state index in [0.717, 1.165) is 16.5 Å². The second kappa shape index (κ2) is 6.74. The van der Waals surface area contributed by atoms with E-state index in [9.17, 15) is 13.4 Å². The van der Waals surface area contributed by atoms with Gasteiger partial charge in [0.1, 0.15) is 12.0 Å². The van der Waals surface area contributed by atoms with Crippen molar-refractivity contribution >= 4 is 39.1 Å². The predicted molar refractivity (Wildman–Crippen MR) is 105 cm³/mol. The number of nitrogens with two attached hydrogens (primary N) is 1. The van der Waals surface area contributed by atoms with E-state index in [1.165, 1.54) is 11.8 Å². The third kappa shape index (κ3) is 3.19. The van der Waals surface area contributed by atoms with E-state index in [0.29, 0.717) is 22.0 Å². The van der Waals surface area contributed by atoms with Crippen LogP contribution in [0, 0.1) is 0 Å². The zero-order valence-electron chi connectivity index (χ0n) is 14.7. The first-order valence-electron chi connectivity index (χ1n) is 8.52. The van der Waals surface area contributed by atoms with Crippen molar-refractivity contribution in [2.24, 2.45) is 0 Å². The number of nitrogens with zero attached hydrogens (tertiary/aromatic N) is 2. The Morgan fingerprint density at radius 3 is 2.85 bits per heavy atom. The Hall–Kier alpha value is -2.80. The van der Waals surface area contributed by atoms with Gasteiger partial charge in [-0.25, -0.2) is 9.37 Å². The van der Waals surface area contributed by atoms with Crippen molar-refractivity contribution in [3.63, 3.8) is 0 Å². The number of rotatable bonds is 3. The molecule has 7 heteroatoms. The van der Waals surface area contributed by atoms with Gasteiger partial charge in [0, 0.05) is 17.9 Å².